The summed E-state index contributed by atoms with van der Waals surface area (Å²) in [4.78, 5) is 8.10. The molecule has 1 aromatic carbocycles. The minimum atomic E-state index is 0. The second kappa shape index (κ2) is 8.65. The quantitative estimate of drug-likeness (QED) is 0.677. The SMILES string of the molecule is Cl.Clc1ccc2c(c1)CNCc1nnc([C@H]3CC[C@@H](Oc4ccncn4)CC3)n1-2. The Hall–Kier alpha value is -2.22. The van der Waals surface area contributed by atoms with E-state index < -0.39 is 0 Å². The molecule has 1 N–H and O–H groups in total. The van der Waals surface area contributed by atoms with Gasteiger partial charge in [0.05, 0.1) is 12.2 Å². The molecule has 2 aliphatic rings. The average Bonchev–Trinajstić information content (AvgIpc) is 3.05. The fourth-order valence-electron chi connectivity index (χ4n) is 4.15. The number of aromatic nitrogens is 5. The maximum absolute atomic E-state index is 6.21. The summed E-state index contributed by atoms with van der Waals surface area (Å²) in [5.41, 5.74) is 2.30. The van der Waals surface area contributed by atoms with Gasteiger partial charge in [-0.05, 0) is 49.4 Å². The van der Waals surface area contributed by atoms with E-state index >= 15 is 0 Å². The maximum Gasteiger partial charge on any atom is 0.216 e. The van der Waals surface area contributed by atoms with Crippen molar-refractivity contribution in [2.45, 2.75) is 50.8 Å². The highest BCUT2D eigenvalue weighted by atomic mass is 35.5. The zero-order chi connectivity index (χ0) is 18.9. The molecule has 1 fully saturated rings. The highest BCUT2D eigenvalue weighted by molar-refractivity contribution is 6.30. The van der Waals surface area contributed by atoms with Gasteiger partial charge in [-0.15, -0.1) is 22.6 Å². The minimum Gasteiger partial charge on any atom is -0.474 e. The summed E-state index contributed by atoms with van der Waals surface area (Å²) in [5.74, 6) is 3.01. The van der Waals surface area contributed by atoms with Crippen molar-refractivity contribution < 1.29 is 4.74 Å². The Morgan fingerprint density at radius 2 is 1.93 bits per heavy atom. The number of ether oxygens (including phenoxy) is 1. The third-order valence-electron chi connectivity index (χ3n) is 5.52. The number of fused-ring (bicyclic) bond motifs is 3. The number of rotatable bonds is 3. The normalized spacial score (nSPS) is 20.7. The summed E-state index contributed by atoms with van der Waals surface area (Å²) >= 11 is 6.21. The molecule has 1 aliphatic heterocycles. The largest absolute Gasteiger partial charge is 0.474 e. The standard InChI is InChI=1S/C20H21ClN6O.ClH/c21-15-3-6-17-14(9-15)10-23-11-18-25-26-20(27(17)18)13-1-4-16(5-2-13)28-19-7-8-22-12-24-19;/h3,6-9,12-13,16,23H,1-2,4-5,10-11H2;1H/t13-,16+;. The van der Waals surface area contributed by atoms with Crippen molar-refractivity contribution in [1.29, 1.82) is 0 Å². The fraction of sp³-hybridized carbons (Fsp3) is 0.400. The van der Waals surface area contributed by atoms with E-state index in [0.29, 0.717) is 18.3 Å². The van der Waals surface area contributed by atoms with Gasteiger partial charge in [-0.25, -0.2) is 9.97 Å². The Kier molecular flexibility index (Phi) is 5.99. The average molecular weight is 433 g/mol. The molecular formula is C20H22Cl2N6O. The summed E-state index contributed by atoms with van der Waals surface area (Å²) in [6.07, 6.45) is 7.39. The van der Waals surface area contributed by atoms with E-state index in [2.05, 4.69) is 36.1 Å². The minimum absolute atomic E-state index is 0. The van der Waals surface area contributed by atoms with Crippen LogP contribution in [0.5, 0.6) is 5.88 Å². The van der Waals surface area contributed by atoms with E-state index in [9.17, 15) is 0 Å². The van der Waals surface area contributed by atoms with Gasteiger partial charge in [-0.3, -0.25) is 4.57 Å². The van der Waals surface area contributed by atoms with Crippen LogP contribution in [-0.2, 0) is 13.1 Å². The Morgan fingerprint density at radius 3 is 2.72 bits per heavy atom. The van der Waals surface area contributed by atoms with E-state index in [1.165, 1.54) is 11.9 Å². The predicted molar refractivity (Wildman–Crippen MR) is 112 cm³/mol. The number of nitrogens with one attached hydrogen (secondary N) is 1. The van der Waals surface area contributed by atoms with E-state index in [1.54, 1.807) is 12.3 Å². The molecule has 3 heterocycles. The van der Waals surface area contributed by atoms with Crippen LogP contribution in [-0.4, -0.2) is 30.8 Å². The topological polar surface area (TPSA) is 77.8 Å². The van der Waals surface area contributed by atoms with Gasteiger partial charge in [0.2, 0.25) is 5.88 Å². The Morgan fingerprint density at radius 1 is 1.07 bits per heavy atom. The maximum atomic E-state index is 6.21. The molecular weight excluding hydrogens is 411 g/mol. The van der Waals surface area contributed by atoms with Crippen LogP contribution in [0.25, 0.3) is 5.69 Å². The van der Waals surface area contributed by atoms with Crippen molar-refractivity contribution in [2.75, 3.05) is 0 Å². The van der Waals surface area contributed by atoms with Crippen LogP contribution in [0.4, 0.5) is 0 Å². The van der Waals surface area contributed by atoms with Gasteiger partial charge in [0.25, 0.3) is 0 Å². The van der Waals surface area contributed by atoms with Crippen LogP contribution in [0.3, 0.4) is 0 Å². The molecule has 2 aromatic heterocycles. The van der Waals surface area contributed by atoms with Crippen molar-refractivity contribution >= 4 is 24.0 Å². The van der Waals surface area contributed by atoms with Crippen LogP contribution in [0.1, 0.15) is 48.8 Å². The van der Waals surface area contributed by atoms with Gasteiger partial charge in [0, 0.05) is 29.7 Å². The van der Waals surface area contributed by atoms with Crippen molar-refractivity contribution in [3.05, 3.63) is 59.0 Å². The van der Waals surface area contributed by atoms with Gasteiger partial charge >= 0.3 is 0 Å². The first-order valence-electron chi connectivity index (χ1n) is 9.64. The van der Waals surface area contributed by atoms with Crippen LogP contribution >= 0.6 is 24.0 Å². The van der Waals surface area contributed by atoms with Crippen molar-refractivity contribution in [3.8, 4) is 11.6 Å². The van der Waals surface area contributed by atoms with Gasteiger partial charge < -0.3 is 10.1 Å². The molecule has 0 bridgehead atoms. The molecule has 152 valence electrons. The second-order valence-corrected chi connectivity index (χ2v) is 7.76. The van der Waals surface area contributed by atoms with Gasteiger partial charge in [0.1, 0.15) is 18.3 Å². The van der Waals surface area contributed by atoms with Crippen molar-refractivity contribution in [2.24, 2.45) is 0 Å². The predicted octanol–water partition coefficient (Wildman–Crippen LogP) is 3.84. The first-order chi connectivity index (χ1) is 13.8. The molecule has 3 aromatic rings. The number of halogens is 2. The monoisotopic (exact) mass is 432 g/mol. The van der Waals surface area contributed by atoms with E-state index in [4.69, 9.17) is 16.3 Å². The number of hydrogen-bond donors (Lipinski definition) is 1. The lowest BCUT2D eigenvalue weighted by molar-refractivity contribution is 0.138. The molecule has 0 radical (unpaired) electrons. The molecule has 29 heavy (non-hydrogen) atoms. The van der Waals surface area contributed by atoms with Gasteiger partial charge in [-0.1, -0.05) is 11.6 Å². The zero-order valence-electron chi connectivity index (χ0n) is 15.8. The fourth-order valence-corrected chi connectivity index (χ4v) is 4.35. The molecule has 1 saturated carbocycles. The van der Waals surface area contributed by atoms with Gasteiger partial charge in [-0.2, -0.15) is 0 Å². The molecule has 0 atom stereocenters. The summed E-state index contributed by atoms with van der Waals surface area (Å²) in [5, 5.41) is 13.2. The highest BCUT2D eigenvalue weighted by Gasteiger charge is 2.30. The van der Waals surface area contributed by atoms with Crippen molar-refractivity contribution in [3.63, 3.8) is 0 Å². The lowest BCUT2D eigenvalue weighted by atomic mass is 9.86. The molecule has 0 amide bonds. The summed E-state index contributed by atoms with van der Waals surface area (Å²) in [6, 6.07) is 7.84. The Labute approximate surface area is 180 Å². The molecule has 9 heteroatoms. The van der Waals surface area contributed by atoms with E-state index in [-0.39, 0.29) is 18.5 Å². The molecule has 1 aliphatic carbocycles. The first kappa shape index (κ1) is 20.1. The van der Waals surface area contributed by atoms with E-state index in [0.717, 1.165) is 54.6 Å². The molecule has 0 spiro atoms. The van der Waals surface area contributed by atoms with Crippen LogP contribution < -0.4 is 10.1 Å². The molecule has 0 saturated heterocycles. The first-order valence-corrected chi connectivity index (χ1v) is 10.0. The number of benzene rings is 1. The smallest absolute Gasteiger partial charge is 0.216 e. The zero-order valence-corrected chi connectivity index (χ0v) is 17.4. The Balaban J connectivity index is 0.00000205. The van der Waals surface area contributed by atoms with Crippen LogP contribution in [0.2, 0.25) is 5.02 Å². The number of hydrogen-bond acceptors (Lipinski definition) is 6. The Bertz CT molecular complexity index is 972. The number of nitrogens with zero attached hydrogens (tertiary/aromatic N) is 5. The molecule has 7 nitrogen and oxygen atoms in total. The third-order valence-corrected chi connectivity index (χ3v) is 5.75. The van der Waals surface area contributed by atoms with E-state index in [1.807, 2.05) is 12.1 Å². The summed E-state index contributed by atoms with van der Waals surface area (Å²) in [6.45, 7) is 1.48. The highest BCUT2D eigenvalue weighted by Crippen LogP contribution is 2.36. The van der Waals surface area contributed by atoms with Crippen LogP contribution in [0.15, 0.2) is 36.8 Å². The van der Waals surface area contributed by atoms with Crippen molar-refractivity contribution in [1.82, 2.24) is 30.0 Å². The molecule has 5 rings (SSSR count). The van der Waals surface area contributed by atoms with Crippen LogP contribution in [0, 0.1) is 0 Å². The second-order valence-electron chi connectivity index (χ2n) is 7.33. The van der Waals surface area contributed by atoms with Gasteiger partial charge in [0.15, 0.2) is 5.82 Å². The lowest BCUT2D eigenvalue weighted by Gasteiger charge is -2.28. The summed E-state index contributed by atoms with van der Waals surface area (Å²) in [7, 11) is 0. The third kappa shape index (κ3) is 4.08. The molecule has 0 unspecified atom stereocenters. The lowest BCUT2D eigenvalue weighted by Crippen LogP contribution is -2.25. The summed E-state index contributed by atoms with van der Waals surface area (Å²) < 4.78 is 8.23.